The molecule has 1 heterocycles. The van der Waals surface area contributed by atoms with Crippen LogP contribution in [0.2, 0.25) is 0 Å². The van der Waals surface area contributed by atoms with Crippen LogP contribution in [-0.2, 0) is 11.2 Å². The lowest BCUT2D eigenvalue weighted by Crippen LogP contribution is -2.35. The van der Waals surface area contributed by atoms with Gasteiger partial charge in [0.15, 0.2) is 5.96 Å². The molecule has 1 aliphatic carbocycles. The van der Waals surface area contributed by atoms with E-state index in [1.54, 1.807) is 0 Å². The van der Waals surface area contributed by atoms with Gasteiger partial charge < -0.3 is 21.1 Å². The quantitative estimate of drug-likeness (QED) is 0.272. The number of nitrogens with one attached hydrogen (secondary N) is 2. The van der Waals surface area contributed by atoms with Crippen molar-refractivity contribution in [1.29, 1.82) is 0 Å². The number of anilines is 1. The zero-order valence-electron chi connectivity index (χ0n) is 13.7. The summed E-state index contributed by atoms with van der Waals surface area (Å²) in [6.45, 7) is 1.97. The second-order valence-corrected chi connectivity index (χ2v) is 6.17. The number of nitrogens with two attached hydrogens (primary N) is 1. The Kier molecular flexibility index (Phi) is 7.14. The van der Waals surface area contributed by atoms with Gasteiger partial charge in [0.05, 0.1) is 6.54 Å². The van der Waals surface area contributed by atoms with Crippen molar-refractivity contribution in [1.82, 2.24) is 5.32 Å². The standard InChI is InChI=1S/C17H24N4O2.HI/c18-17(20-11-12-2-1-3-12)19-8-9-23-14-5-6-15-13(10-14)4-7-16(22)21-15;/h5-6,10,12H,1-4,7-9,11H2,(H,21,22)(H3,18,19,20);1H. The number of aliphatic imine (C=N–C) groups is 1. The number of carbonyl (C=O) groups excluding carboxylic acids is 1. The van der Waals surface area contributed by atoms with Crippen molar-refractivity contribution in [2.45, 2.75) is 32.1 Å². The van der Waals surface area contributed by atoms with Crippen molar-refractivity contribution >= 4 is 41.5 Å². The van der Waals surface area contributed by atoms with E-state index >= 15 is 0 Å². The molecule has 6 nitrogen and oxygen atoms in total. The highest BCUT2D eigenvalue weighted by molar-refractivity contribution is 14.0. The summed E-state index contributed by atoms with van der Waals surface area (Å²) < 4.78 is 5.72. The summed E-state index contributed by atoms with van der Waals surface area (Å²) in [6.07, 6.45) is 5.17. The molecule has 1 saturated carbocycles. The molecule has 1 fully saturated rings. The zero-order valence-corrected chi connectivity index (χ0v) is 16.0. The number of benzene rings is 1. The smallest absolute Gasteiger partial charge is 0.224 e. The van der Waals surface area contributed by atoms with E-state index in [0.717, 1.165) is 35.9 Å². The molecule has 0 spiro atoms. The number of rotatable bonds is 6. The summed E-state index contributed by atoms with van der Waals surface area (Å²) in [6, 6.07) is 5.75. The van der Waals surface area contributed by atoms with Gasteiger partial charge in [0.25, 0.3) is 0 Å². The van der Waals surface area contributed by atoms with Gasteiger partial charge in [-0.25, -0.2) is 0 Å². The van der Waals surface area contributed by atoms with Crippen LogP contribution in [0.25, 0.3) is 0 Å². The molecule has 2 aliphatic rings. The van der Waals surface area contributed by atoms with E-state index < -0.39 is 0 Å². The van der Waals surface area contributed by atoms with Crippen molar-refractivity contribution in [2.75, 3.05) is 25.0 Å². The number of aryl methyl sites for hydroxylation is 1. The molecule has 7 heteroatoms. The fraction of sp³-hybridized carbons (Fsp3) is 0.529. The minimum atomic E-state index is 0. The molecule has 0 radical (unpaired) electrons. The van der Waals surface area contributed by atoms with Crippen LogP contribution in [0.4, 0.5) is 5.69 Å². The van der Waals surface area contributed by atoms with E-state index in [4.69, 9.17) is 10.5 Å². The average Bonchev–Trinajstić information content (AvgIpc) is 2.50. The first-order chi connectivity index (χ1) is 11.2. The lowest BCUT2D eigenvalue weighted by Gasteiger charge is -2.23. The fourth-order valence-electron chi connectivity index (χ4n) is 2.76. The van der Waals surface area contributed by atoms with Gasteiger partial charge >= 0.3 is 0 Å². The molecule has 132 valence electrons. The first-order valence-electron chi connectivity index (χ1n) is 8.30. The van der Waals surface area contributed by atoms with Crippen LogP contribution in [0.3, 0.4) is 0 Å². The molecule has 0 saturated heterocycles. The van der Waals surface area contributed by atoms with E-state index in [1.165, 1.54) is 19.3 Å². The molecule has 0 atom stereocenters. The van der Waals surface area contributed by atoms with Gasteiger partial charge in [0.1, 0.15) is 12.4 Å². The highest BCUT2D eigenvalue weighted by atomic mass is 127. The number of guanidine groups is 1. The minimum absolute atomic E-state index is 0. The summed E-state index contributed by atoms with van der Waals surface area (Å²) in [5, 5.41) is 5.93. The normalized spacial score (nSPS) is 17.2. The van der Waals surface area contributed by atoms with Crippen LogP contribution in [0.15, 0.2) is 23.2 Å². The maximum atomic E-state index is 11.3. The average molecular weight is 444 g/mol. The van der Waals surface area contributed by atoms with Crippen LogP contribution in [0, 0.1) is 5.92 Å². The minimum Gasteiger partial charge on any atom is -0.492 e. The molecule has 0 bridgehead atoms. The fourth-order valence-corrected chi connectivity index (χ4v) is 2.76. The van der Waals surface area contributed by atoms with Gasteiger partial charge in [0.2, 0.25) is 5.91 Å². The van der Waals surface area contributed by atoms with Crippen LogP contribution < -0.4 is 21.1 Å². The Morgan fingerprint density at radius 3 is 2.96 bits per heavy atom. The number of hydrogen-bond acceptors (Lipinski definition) is 3. The van der Waals surface area contributed by atoms with E-state index in [9.17, 15) is 4.79 Å². The summed E-state index contributed by atoms with van der Waals surface area (Å²) in [4.78, 5) is 15.7. The van der Waals surface area contributed by atoms with Gasteiger partial charge in [-0.05, 0) is 48.9 Å². The second-order valence-electron chi connectivity index (χ2n) is 6.17. The molecule has 1 aromatic carbocycles. The number of nitrogens with zero attached hydrogens (tertiary/aromatic N) is 1. The highest BCUT2D eigenvalue weighted by Gasteiger charge is 2.16. The van der Waals surface area contributed by atoms with Crippen LogP contribution >= 0.6 is 24.0 Å². The van der Waals surface area contributed by atoms with Gasteiger partial charge in [-0.1, -0.05) is 6.42 Å². The highest BCUT2D eigenvalue weighted by Crippen LogP contribution is 2.27. The van der Waals surface area contributed by atoms with Crippen molar-refractivity contribution < 1.29 is 9.53 Å². The molecule has 24 heavy (non-hydrogen) atoms. The molecular formula is C17H25IN4O2. The van der Waals surface area contributed by atoms with Gasteiger partial charge in [-0.3, -0.25) is 9.79 Å². The van der Waals surface area contributed by atoms with Crippen LogP contribution in [-0.4, -0.2) is 31.6 Å². The van der Waals surface area contributed by atoms with Crippen molar-refractivity contribution in [2.24, 2.45) is 16.6 Å². The van der Waals surface area contributed by atoms with E-state index in [2.05, 4.69) is 15.6 Å². The monoisotopic (exact) mass is 444 g/mol. The van der Waals surface area contributed by atoms with Crippen LogP contribution in [0.5, 0.6) is 5.75 Å². The summed E-state index contributed by atoms with van der Waals surface area (Å²) in [5.41, 5.74) is 7.84. The molecular weight excluding hydrogens is 419 g/mol. The zero-order chi connectivity index (χ0) is 16.1. The molecule has 4 N–H and O–H groups in total. The maximum absolute atomic E-state index is 11.3. The first kappa shape index (κ1) is 18.8. The Labute approximate surface area is 159 Å². The van der Waals surface area contributed by atoms with Gasteiger partial charge in [-0.15, -0.1) is 24.0 Å². The molecule has 1 amide bonds. The Morgan fingerprint density at radius 1 is 1.38 bits per heavy atom. The number of amides is 1. The van der Waals surface area contributed by atoms with Crippen molar-refractivity contribution in [3.63, 3.8) is 0 Å². The largest absolute Gasteiger partial charge is 0.492 e. The first-order valence-corrected chi connectivity index (χ1v) is 8.30. The van der Waals surface area contributed by atoms with Crippen molar-refractivity contribution in [3.05, 3.63) is 23.8 Å². The maximum Gasteiger partial charge on any atom is 0.224 e. The third-order valence-electron chi connectivity index (χ3n) is 4.39. The van der Waals surface area contributed by atoms with E-state index in [-0.39, 0.29) is 29.9 Å². The number of ether oxygens (including phenoxy) is 1. The number of hydrogen-bond donors (Lipinski definition) is 3. The molecule has 3 rings (SSSR count). The van der Waals surface area contributed by atoms with E-state index in [0.29, 0.717) is 25.5 Å². The third kappa shape index (κ3) is 5.25. The predicted molar refractivity (Wildman–Crippen MR) is 106 cm³/mol. The molecule has 0 unspecified atom stereocenters. The van der Waals surface area contributed by atoms with E-state index in [1.807, 2.05) is 18.2 Å². The third-order valence-corrected chi connectivity index (χ3v) is 4.39. The SMILES string of the molecule is I.NC(=NCC1CCC1)NCCOc1ccc2c(c1)CCC(=O)N2. The number of carbonyl (C=O) groups is 1. The lowest BCUT2D eigenvalue weighted by molar-refractivity contribution is -0.116. The number of halogens is 1. The second kappa shape index (κ2) is 9.10. The Bertz CT molecular complexity index is 602. The summed E-state index contributed by atoms with van der Waals surface area (Å²) >= 11 is 0. The topological polar surface area (TPSA) is 88.7 Å². The van der Waals surface area contributed by atoms with Crippen LogP contribution in [0.1, 0.15) is 31.2 Å². The van der Waals surface area contributed by atoms with Gasteiger partial charge in [-0.2, -0.15) is 0 Å². The Hall–Kier alpha value is -1.51. The Morgan fingerprint density at radius 2 is 2.21 bits per heavy atom. The molecule has 1 aromatic rings. The Balaban J connectivity index is 0.00000208. The predicted octanol–water partition coefficient (Wildman–Crippen LogP) is 2.27. The van der Waals surface area contributed by atoms with Crippen molar-refractivity contribution in [3.8, 4) is 5.75 Å². The molecule has 1 aliphatic heterocycles. The lowest BCUT2D eigenvalue weighted by atomic mass is 9.86. The summed E-state index contributed by atoms with van der Waals surface area (Å²) in [7, 11) is 0. The summed E-state index contributed by atoms with van der Waals surface area (Å²) in [5.74, 6) is 2.11. The van der Waals surface area contributed by atoms with Gasteiger partial charge in [0, 0.05) is 18.7 Å². The number of fused-ring (bicyclic) bond motifs is 1. The molecule has 0 aromatic heterocycles.